The van der Waals surface area contributed by atoms with E-state index in [0.717, 1.165) is 16.7 Å². The largest absolute Gasteiger partial charge is 0.376 e. The molecule has 92 valence electrons. The highest BCUT2D eigenvalue weighted by atomic mass is 16.3. The molecule has 0 aliphatic rings. The van der Waals surface area contributed by atoms with Crippen molar-refractivity contribution in [3.05, 3.63) is 59.7 Å². The Balaban J connectivity index is 2.52. The number of nitrogens with one attached hydrogen (secondary N) is 1. The Bertz CT molecular complexity index is 564. The van der Waals surface area contributed by atoms with Crippen molar-refractivity contribution in [3.63, 3.8) is 0 Å². The van der Waals surface area contributed by atoms with Gasteiger partial charge in [0.1, 0.15) is 6.73 Å². The zero-order valence-corrected chi connectivity index (χ0v) is 10.2. The van der Waals surface area contributed by atoms with E-state index in [-0.39, 0.29) is 12.6 Å². The third-order valence-corrected chi connectivity index (χ3v) is 2.85. The van der Waals surface area contributed by atoms with Gasteiger partial charge in [0, 0.05) is 5.56 Å². The van der Waals surface area contributed by atoms with E-state index in [1.54, 1.807) is 6.07 Å². The minimum atomic E-state index is -0.360. The van der Waals surface area contributed by atoms with E-state index in [4.69, 9.17) is 5.11 Å². The van der Waals surface area contributed by atoms with Gasteiger partial charge in [0.25, 0.3) is 5.91 Å². The third kappa shape index (κ3) is 2.41. The first kappa shape index (κ1) is 12.3. The van der Waals surface area contributed by atoms with E-state index in [9.17, 15) is 4.79 Å². The Kier molecular flexibility index (Phi) is 3.75. The molecular weight excluding hydrogens is 226 g/mol. The molecule has 0 atom stereocenters. The smallest absolute Gasteiger partial charge is 0.253 e. The number of carbonyl (C=O) groups is 1. The molecule has 3 nitrogen and oxygen atoms in total. The number of amides is 1. The van der Waals surface area contributed by atoms with Gasteiger partial charge in [-0.3, -0.25) is 4.79 Å². The highest BCUT2D eigenvalue weighted by molar-refractivity contribution is 6.01. The average Bonchev–Trinajstić information content (AvgIpc) is 2.40. The van der Waals surface area contributed by atoms with Crippen LogP contribution in [0.25, 0.3) is 11.1 Å². The highest BCUT2D eigenvalue weighted by Crippen LogP contribution is 2.26. The van der Waals surface area contributed by atoms with Gasteiger partial charge in [-0.25, -0.2) is 0 Å². The van der Waals surface area contributed by atoms with Crippen molar-refractivity contribution in [2.75, 3.05) is 6.73 Å². The molecule has 2 aromatic carbocycles. The summed E-state index contributed by atoms with van der Waals surface area (Å²) in [6.45, 7) is 1.65. The molecule has 0 saturated heterocycles. The van der Waals surface area contributed by atoms with E-state index in [1.165, 1.54) is 0 Å². The lowest BCUT2D eigenvalue weighted by Crippen LogP contribution is -2.24. The van der Waals surface area contributed by atoms with E-state index >= 15 is 0 Å². The van der Waals surface area contributed by atoms with E-state index in [0.29, 0.717) is 5.56 Å². The molecule has 2 N–H and O–H groups in total. The van der Waals surface area contributed by atoms with Crippen molar-refractivity contribution in [1.29, 1.82) is 0 Å². The fourth-order valence-electron chi connectivity index (χ4n) is 1.96. The van der Waals surface area contributed by atoms with Crippen LogP contribution >= 0.6 is 0 Å². The molecule has 0 heterocycles. The molecule has 0 bridgehead atoms. The lowest BCUT2D eigenvalue weighted by atomic mass is 9.96. The molecule has 2 aromatic rings. The van der Waals surface area contributed by atoms with Gasteiger partial charge in [0.15, 0.2) is 0 Å². The average molecular weight is 241 g/mol. The van der Waals surface area contributed by atoms with Gasteiger partial charge in [0.05, 0.1) is 0 Å². The second kappa shape index (κ2) is 5.47. The fraction of sp³-hybridized carbons (Fsp3) is 0.133. The molecule has 1 amide bonds. The van der Waals surface area contributed by atoms with Crippen LogP contribution in [0.2, 0.25) is 0 Å². The summed E-state index contributed by atoms with van der Waals surface area (Å²) >= 11 is 0. The quantitative estimate of drug-likeness (QED) is 0.810. The van der Waals surface area contributed by atoms with E-state index in [2.05, 4.69) is 5.32 Å². The predicted molar refractivity (Wildman–Crippen MR) is 71.2 cm³/mol. The van der Waals surface area contributed by atoms with Crippen LogP contribution in [0.5, 0.6) is 0 Å². The molecule has 0 aliphatic heterocycles. The van der Waals surface area contributed by atoms with Crippen molar-refractivity contribution in [2.45, 2.75) is 6.92 Å². The maximum Gasteiger partial charge on any atom is 0.253 e. The van der Waals surface area contributed by atoms with Crippen molar-refractivity contribution in [2.24, 2.45) is 0 Å². The van der Waals surface area contributed by atoms with Gasteiger partial charge < -0.3 is 10.4 Å². The first-order chi connectivity index (χ1) is 8.74. The zero-order chi connectivity index (χ0) is 13.0. The summed E-state index contributed by atoms with van der Waals surface area (Å²) < 4.78 is 0. The molecule has 0 aromatic heterocycles. The molecule has 0 radical (unpaired) electrons. The predicted octanol–water partition coefficient (Wildman–Crippen LogP) is 2.34. The normalized spacial score (nSPS) is 10.1. The van der Waals surface area contributed by atoms with Crippen LogP contribution in [0.1, 0.15) is 15.9 Å². The number of aliphatic hydroxyl groups is 1. The standard InChI is InChI=1S/C15H15NO2/c1-11-6-2-3-7-12(11)13-8-4-5-9-14(13)15(18)16-10-17/h2-9,17H,10H2,1H3,(H,16,18). The maximum atomic E-state index is 11.9. The topological polar surface area (TPSA) is 49.3 Å². The van der Waals surface area contributed by atoms with Gasteiger partial charge in [0.2, 0.25) is 0 Å². The Morgan fingerprint density at radius 2 is 1.67 bits per heavy atom. The van der Waals surface area contributed by atoms with Crippen molar-refractivity contribution >= 4 is 5.91 Å². The number of rotatable bonds is 3. The monoisotopic (exact) mass is 241 g/mol. The molecule has 0 spiro atoms. The molecule has 0 saturated carbocycles. The Labute approximate surface area is 106 Å². The van der Waals surface area contributed by atoms with Gasteiger partial charge in [-0.1, -0.05) is 42.5 Å². The minimum Gasteiger partial charge on any atom is -0.376 e. The first-order valence-electron chi connectivity index (χ1n) is 5.78. The molecular formula is C15H15NO2. The number of carbonyl (C=O) groups excluding carboxylic acids is 1. The second-order valence-corrected chi connectivity index (χ2v) is 4.02. The summed E-state index contributed by atoms with van der Waals surface area (Å²) in [4.78, 5) is 11.9. The van der Waals surface area contributed by atoms with Crippen LogP contribution in [0.4, 0.5) is 0 Å². The third-order valence-electron chi connectivity index (χ3n) is 2.85. The lowest BCUT2D eigenvalue weighted by molar-refractivity contribution is 0.0911. The van der Waals surface area contributed by atoms with Gasteiger partial charge in [-0.2, -0.15) is 0 Å². The summed E-state index contributed by atoms with van der Waals surface area (Å²) in [7, 11) is 0. The summed E-state index contributed by atoms with van der Waals surface area (Å²) in [5.41, 5.74) is 3.59. The summed E-state index contributed by atoms with van der Waals surface area (Å²) in [6.07, 6.45) is 0. The first-order valence-corrected chi connectivity index (χ1v) is 5.78. The molecule has 2 rings (SSSR count). The van der Waals surface area contributed by atoms with E-state index < -0.39 is 0 Å². The van der Waals surface area contributed by atoms with Crippen LogP contribution in [0.3, 0.4) is 0 Å². The number of hydrogen-bond donors (Lipinski definition) is 2. The number of hydrogen-bond acceptors (Lipinski definition) is 2. The summed E-state index contributed by atoms with van der Waals surface area (Å²) in [6, 6.07) is 15.3. The van der Waals surface area contributed by atoms with Crippen molar-refractivity contribution in [1.82, 2.24) is 5.32 Å². The minimum absolute atomic E-state index is 0.267. The van der Waals surface area contributed by atoms with Crippen molar-refractivity contribution in [3.8, 4) is 11.1 Å². The van der Waals surface area contributed by atoms with Crippen LogP contribution in [0.15, 0.2) is 48.5 Å². The van der Waals surface area contributed by atoms with Gasteiger partial charge in [-0.05, 0) is 29.7 Å². The van der Waals surface area contributed by atoms with Gasteiger partial charge in [-0.15, -0.1) is 0 Å². The molecule has 0 unspecified atom stereocenters. The van der Waals surface area contributed by atoms with Crippen molar-refractivity contribution < 1.29 is 9.90 Å². The molecule has 18 heavy (non-hydrogen) atoms. The van der Waals surface area contributed by atoms with Crippen LogP contribution in [-0.2, 0) is 0 Å². The number of benzene rings is 2. The summed E-state index contributed by atoms with van der Waals surface area (Å²) in [5.74, 6) is -0.267. The Morgan fingerprint density at radius 1 is 1.06 bits per heavy atom. The zero-order valence-electron chi connectivity index (χ0n) is 10.2. The van der Waals surface area contributed by atoms with Gasteiger partial charge >= 0.3 is 0 Å². The second-order valence-electron chi connectivity index (χ2n) is 4.02. The Hall–Kier alpha value is -2.13. The van der Waals surface area contributed by atoms with Crippen LogP contribution in [-0.4, -0.2) is 17.7 Å². The molecule has 0 aliphatic carbocycles. The van der Waals surface area contributed by atoms with Crippen LogP contribution < -0.4 is 5.32 Å². The number of aliphatic hydroxyl groups excluding tert-OH is 1. The fourth-order valence-corrected chi connectivity index (χ4v) is 1.96. The SMILES string of the molecule is Cc1ccccc1-c1ccccc1C(=O)NCO. The Morgan fingerprint density at radius 3 is 2.33 bits per heavy atom. The lowest BCUT2D eigenvalue weighted by Gasteiger charge is -2.11. The van der Waals surface area contributed by atoms with Crippen LogP contribution in [0, 0.1) is 6.92 Å². The highest BCUT2D eigenvalue weighted by Gasteiger charge is 2.12. The number of aryl methyl sites for hydroxylation is 1. The maximum absolute atomic E-state index is 11.9. The van der Waals surface area contributed by atoms with E-state index in [1.807, 2.05) is 49.4 Å². The summed E-state index contributed by atoms with van der Waals surface area (Å²) in [5, 5.41) is 11.2. The molecule has 0 fully saturated rings. The molecule has 3 heteroatoms.